The standard InChI is InChI=1S/C15H28N2O2/c1-3-9-17(10-11-18)15(19)16-12-14-7-5-13(4-2)6-8-14/h3,13-14,18H,1,4-12H2,2H3,(H,16,19). The van der Waals surface area contributed by atoms with Gasteiger partial charge in [-0.15, -0.1) is 6.58 Å². The van der Waals surface area contributed by atoms with E-state index < -0.39 is 0 Å². The van der Waals surface area contributed by atoms with Crippen LogP contribution in [0, 0.1) is 11.8 Å². The average Bonchev–Trinajstić information content (AvgIpc) is 2.45. The van der Waals surface area contributed by atoms with Gasteiger partial charge in [0.15, 0.2) is 0 Å². The fraction of sp³-hybridized carbons (Fsp3) is 0.800. The second-order valence-corrected chi connectivity index (χ2v) is 5.44. The van der Waals surface area contributed by atoms with Gasteiger partial charge in [0, 0.05) is 19.6 Å². The molecule has 1 rings (SSSR count). The SMILES string of the molecule is C=CCN(CCO)C(=O)NCC1CCC(CC)CC1. The molecule has 1 aliphatic rings. The zero-order valence-corrected chi connectivity index (χ0v) is 12.1. The summed E-state index contributed by atoms with van der Waals surface area (Å²) in [4.78, 5) is 13.5. The summed E-state index contributed by atoms with van der Waals surface area (Å²) in [6.07, 6.45) is 8.00. The first-order valence-corrected chi connectivity index (χ1v) is 7.45. The van der Waals surface area contributed by atoms with Gasteiger partial charge in [-0.1, -0.05) is 32.3 Å². The van der Waals surface area contributed by atoms with Crippen LogP contribution in [0.3, 0.4) is 0 Å². The molecular formula is C15H28N2O2. The largest absolute Gasteiger partial charge is 0.395 e. The summed E-state index contributed by atoms with van der Waals surface area (Å²) in [5.41, 5.74) is 0. The molecule has 0 heterocycles. The summed E-state index contributed by atoms with van der Waals surface area (Å²) < 4.78 is 0. The van der Waals surface area contributed by atoms with Crippen LogP contribution in [0.1, 0.15) is 39.0 Å². The van der Waals surface area contributed by atoms with Gasteiger partial charge in [-0.05, 0) is 24.7 Å². The number of nitrogens with one attached hydrogen (secondary N) is 1. The van der Waals surface area contributed by atoms with Gasteiger partial charge in [0.1, 0.15) is 0 Å². The molecule has 1 aliphatic carbocycles. The highest BCUT2D eigenvalue weighted by molar-refractivity contribution is 5.74. The molecular weight excluding hydrogens is 240 g/mol. The van der Waals surface area contributed by atoms with E-state index in [1.807, 2.05) is 0 Å². The van der Waals surface area contributed by atoms with Gasteiger partial charge in [-0.2, -0.15) is 0 Å². The number of aliphatic hydroxyl groups excluding tert-OH is 1. The van der Waals surface area contributed by atoms with Crippen molar-refractivity contribution >= 4 is 6.03 Å². The van der Waals surface area contributed by atoms with E-state index in [4.69, 9.17) is 5.11 Å². The average molecular weight is 268 g/mol. The summed E-state index contributed by atoms with van der Waals surface area (Å²) >= 11 is 0. The lowest BCUT2D eigenvalue weighted by Gasteiger charge is -2.29. The van der Waals surface area contributed by atoms with Crippen molar-refractivity contribution in [2.45, 2.75) is 39.0 Å². The Morgan fingerprint density at radius 2 is 2.00 bits per heavy atom. The smallest absolute Gasteiger partial charge is 0.317 e. The van der Waals surface area contributed by atoms with Crippen molar-refractivity contribution in [2.75, 3.05) is 26.2 Å². The van der Waals surface area contributed by atoms with Crippen molar-refractivity contribution in [1.82, 2.24) is 10.2 Å². The minimum Gasteiger partial charge on any atom is -0.395 e. The van der Waals surface area contributed by atoms with Crippen LogP contribution >= 0.6 is 0 Å². The predicted molar refractivity (Wildman–Crippen MR) is 78.0 cm³/mol. The third-order valence-electron chi connectivity index (χ3n) is 4.09. The molecule has 0 atom stereocenters. The van der Waals surface area contributed by atoms with Gasteiger partial charge in [0.2, 0.25) is 0 Å². The zero-order chi connectivity index (χ0) is 14.1. The molecule has 0 aromatic carbocycles. The number of hydrogen-bond acceptors (Lipinski definition) is 2. The molecule has 0 spiro atoms. The Labute approximate surface area is 116 Å². The number of carbonyl (C=O) groups excluding carboxylic acids is 1. The highest BCUT2D eigenvalue weighted by Gasteiger charge is 2.21. The molecule has 0 saturated heterocycles. The van der Waals surface area contributed by atoms with E-state index >= 15 is 0 Å². The van der Waals surface area contributed by atoms with Crippen LogP contribution in [-0.4, -0.2) is 42.3 Å². The Balaban J connectivity index is 2.27. The third-order valence-corrected chi connectivity index (χ3v) is 4.09. The van der Waals surface area contributed by atoms with Crippen LogP contribution < -0.4 is 5.32 Å². The highest BCUT2D eigenvalue weighted by Crippen LogP contribution is 2.30. The van der Waals surface area contributed by atoms with E-state index in [0.29, 0.717) is 19.0 Å². The molecule has 1 fully saturated rings. The molecule has 0 aromatic rings. The number of hydrogen-bond donors (Lipinski definition) is 2. The molecule has 0 aromatic heterocycles. The van der Waals surface area contributed by atoms with E-state index in [1.165, 1.54) is 32.1 Å². The summed E-state index contributed by atoms with van der Waals surface area (Å²) in [6.45, 7) is 7.48. The second-order valence-electron chi connectivity index (χ2n) is 5.44. The lowest BCUT2D eigenvalue weighted by Crippen LogP contribution is -2.43. The monoisotopic (exact) mass is 268 g/mol. The Bertz CT molecular complexity index is 273. The second kappa shape index (κ2) is 8.97. The maximum absolute atomic E-state index is 11.9. The van der Waals surface area contributed by atoms with Crippen LogP contribution in [0.2, 0.25) is 0 Å². The molecule has 0 radical (unpaired) electrons. The summed E-state index contributed by atoms with van der Waals surface area (Å²) in [5.74, 6) is 1.50. The Morgan fingerprint density at radius 3 is 2.53 bits per heavy atom. The fourth-order valence-electron chi connectivity index (χ4n) is 2.74. The summed E-state index contributed by atoms with van der Waals surface area (Å²) in [5, 5.41) is 11.9. The van der Waals surface area contributed by atoms with Crippen molar-refractivity contribution in [1.29, 1.82) is 0 Å². The molecule has 4 nitrogen and oxygen atoms in total. The lowest BCUT2D eigenvalue weighted by atomic mass is 9.81. The Kier molecular flexibility index (Phi) is 7.56. The van der Waals surface area contributed by atoms with E-state index in [-0.39, 0.29) is 12.6 Å². The highest BCUT2D eigenvalue weighted by atomic mass is 16.3. The molecule has 110 valence electrons. The summed E-state index contributed by atoms with van der Waals surface area (Å²) in [6, 6.07) is -0.0911. The maximum Gasteiger partial charge on any atom is 0.317 e. The van der Waals surface area contributed by atoms with Crippen molar-refractivity contribution in [3.05, 3.63) is 12.7 Å². The first-order valence-electron chi connectivity index (χ1n) is 7.45. The molecule has 2 N–H and O–H groups in total. The lowest BCUT2D eigenvalue weighted by molar-refractivity contribution is 0.179. The van der Waals surface area contributed by atoms with E-state index in [0.717, 1.165) is 12.5 Å². The minimum atomic E-state index is -0.0911. The zero-order valence-electron chi connectivity index (χ0n) is 12.1. The van der Waals surface area contributed by atoms with Crippen LogP contribution in [0.25, 0.3) is 0 Å². The quantitative estimate of drug-likeness (QED) is 0.697. The Morgan fingerprint density at radius 1 is 1.37 bits per heavy atom. The van der Waals surface area contributed by atoms with Crippen LogP contribution in [0.4, 0.5) is 4.79 Å². The number of rotatable bonds is 7. The molecule has 4 heteroatoms. The van der Waals surface area contributed by atoms with Gasteiger partial charge >= 0.3 is 6.03 Å². The molecule has 0 aliphatic heterocycles. The van der Waals surface area contributed by atoms with Gasteiger partial charge in [0.05, 0.1) is 6.61 Å². The topological polar surface area (TPSA) is 52.6 Å². The van der Waals surface area contributed by atoms with Gasteiger partial charge in [-0.25, -0.2) is 4.79 Å². The Hall–Kier alpha value is -1.03. The first-order chi connectivity index (χ1) is 9.21. The first kappa shape index (κ1) is 16.0. The van der Waals surface area contributed by atoms with Crippen molar-refractivity contribution in [2.24, 2.45) is 11.8 Å². The van der Waals surface area contributed by atoms with Crippen LogP contribution in [0.5, 0.6) is 0 Å². The number of nitrogens with zero attached hydrogens (tertiary/aromatic N) is 1. The molecule has 0 bridgehead atoms. The number of carbonyl (C=O) groups is 1. The fourth-order valence-corrected chi connectivity index (χ4v) is 2.74. The number of aliphatic hydroxyl groups is 1. The van der Waals surface area contributed by atoms with E-state index in [9.17, 15) is 4.79 Å². The maximum atomic E-state index is 11.9. The predicted octanol–water partition coefficient (Wildman–Crippen LogP) is 2.39. The number of amides is 2. The van der Waals surface area contributed by atoms with E-state index in [2.05, 4.69) is 18.8 Å². The molecule has 0 unspecified atom stereocenters. The van der Waals surface area contributed by atoms with Crippen molar-refractivity contribution in [3.8, 4) is 0 Å². The van der Waals surface area contributed by atoms with Crippen molar-refractivity contribution in [3.63, 3.8) is 0 Å². The van der Waals surface area contributed by atoms with Gasteiger partial charge < -0.3 is 15.3 Å². The van der Waals surface area contributed by atoms with Gasteiger partial charge in [0.25, 0.3) is 0 Å². The molecule has 19 heavy (non-hydrogen) atoms. The molecule has 2 amide bonds. The summed E-state index contributed by atoms with van der Waals surface area (Å²) in [7, 11) is 0. The minimum absolute atomic E-state index is 0.0110. The third kappa shape index (κ3) is 5.64. The van der Waals surface area contributed by atoms with Crippen molar-refractivity contribution < 1.29 is 9.90 Å². The molecule has 1 saturated carbocycles. The van der Waals surface area contributed by atoms with Crippen LogP contribution in [-0.2, 0) is 0 Å². The van der Waals surface area contributed by atoms with Crippen LogP contribution in [0.15, 0.2) is 12.7 Å². The van der Waals surface area contributed by atoms with Gasteiger partial charge in [-0.3, -0.25) is 0 Å². The number of urea groups is 1. The normalized spacial score (nSPS) is 22.8. The van der Waals surface area contributed by atoms with E-state index in [1.54, 1.807) is 11.0 Å².